The van der Waals surface area contributed by atoms with Crippen molar-refractivity contribution in [3.05, 3.63) is 83.4 Å². The molecule has 36 heavy (non-hydrogen) atoms. The lowest BCUT2D eigenvalue weighted by Gasteiger charge is -2.17. The molecular weight excluding hydrogens is 504 g/mol. The van der Waals surface area contributed by atoms with Gasteiger partial charge in [0.15, 0.2) is 21.3 Å². The Morgan fingerprint density at radius 3 is 2.03 bits per heavy atom. The zero-order valence-electron chi connectivity index (χ0n) is 19.6. The monoisotopic (exact) mass is 524 g/mol. The van der Waals surface area contributed by atoms with Gasteiger partial charge in [-0.05, 0) is 24.3 Å². The third-order valence-electron chi connectivity index (χ3n) is 5.20. The van der Waals surface area contributed by atoms with E-state index in [2.05, 4.69) is 0 Å². The van der Waals surface area contributed by atoms with Gasteiger partial charge in [0.25, 0.3) is 0 Å². The van der Waals surface area contributed by atoms with E-state index in [1.54, 1.807) is 54.6 Å². The summed E-state index contributed by atoms with van der Waals surface area (Å²) in [7, 11) is 2.81. The molecule has 4 rings (SSSR count). The number of methoxy groups -OCH3 is 2. The fourth-order valence-corrected chi connectivity index (χ4v) is 5.05. The van der Waals surface area contributed by atoms with Gasteiger partial charge in [-0.15, -0.1) is 0 Å². The minimum Gasteiger partial charge on any atom is -0.606 e. The molecule has 4 aromatic rings. The first kappa shape index (κ1) is 25.4. The van der Waals surface area contributed by atoms with Crippen LogP contribution in [0.4, 0.5) is 0 Å². The van der Waals surface area contributed by atoms with Crippen LogP contribution in [0, 0.1) is 0 Å². The molecule has 0 aliphatic heterocycles. The highest BCUT2D eigenvalue weighted by molar-refractivity contribution is 7.91. The van der Waals surface area contributed by atoms with Crippen molar-refractivity contribution in [3.63, 3.8) is 0 Å². The van der Waals surface area contributed by atoms with E-state index in [1.807, 2.05) is 0 Å². The third kappa shape index (κ3) is 5.26. The van der Waals surface area contributed by atoms with Crippen LogP contribution in [-0.4, -0.2) is 30.7 Å². The van der Waals surface area contributed by atoms with Gasteiger partial charge in [-0.2, -0.15) is 0 Å². The van der Waals surface area contributed by atoms with E-state index < -0.39 is 23.1 Å². The lowest BCUT2D eigenvalue weighted by molar-refractivity contribution is -0.131. The Hall–Kier alpha value is -3.72. The van der Waals surface area contributed by atoms with Gasteiger partial charge in [0.2, 0.25) is 0 Å². The molecule has 0 fully saturated rings. The number of benzene rings is 4. The second-order valence-electron chi connectivity index (χ2n) is 7.52. The summed E-state index contributed by atoms with van der Waals surface area (Å²) in [4.78, 5) is 25.6. The van der Waals surface area contributed by atoms with Crippen LogP contribution < -0.4 is 18.9 Å². The fraction of sp³-hybridized carbons (Fsp3) is 0.111. The highest BCUT2D eigenvalue weighted by Crippen LogP contribution is 2.38. The van der Waals surface area contributed by atoms with Crippen LogP contribution >= 0.6 is 11.6 Å². The van der Waals surface area contributed by atoms with Crippen LogP contribution in [0.3, 0.4) is 0 Å². The van der Waals surface area contributed by atoms with E-state index in [1.165, 1.54) is 39.3 Å². The molecule has 9 heteroatoms. The predicted octanol–water partition coefficient (Wildman–Crippen LogP) is 5.82. The van der Waals surface area contributed by atoms with Gasteiger partial charge in [0, 0.05) is 52.1 Å². The number of rotatable bonds is 7. The van der Waals surface area contributed by atoms with Crippen molar-refractivity contribution in [2.75, 3.05) is 14.2 Å². The smallest absolute Gasteiger partial charge is 0.347 e. The maximum absolute atomic E-state index is 13.4. The second-order valence-corrected chi connectivity index (χ2v) is 9.44. The molecule has 1 atom stereocenters. The molecule has 0 saturated heterocycles. The van der Waals surface area contributed by atoms with Crippen molar-refractivity contribution >= 4 is 45.5 Å². The van der Waals surface area contributed by atoms with Crippen LogP contribution in [0.2, 0.25) is 5.02 Å². The SMILES string of the molecule is COc1cc([S+]([O-])c2cccc(Cl)c2)cc(C(=O)Oc2ccc(OC(C)=O)c3ccccc23)c1OC. The molecule has 184 valence electrons. The van der Waals surface area contributed by atoms with Gasteiger partial charge >= 0.3 is 11.9 Å². The first-order valence-electron chi connectivity index (χ1n) is 10.7. The van der Waals surface area contributed by atoms with Gasteiger partial charge < -0.3 is 23.5 Å². The molecule has 0 heterocycles. The van der Waals surface area contributed by atoms with Crippen molar-refractivity contribution in [2.24, 2.45) is 0 Å². The molecule has 7 nitrogen and oxygen atoms in total. The Labute approximate surface area is 215 Å². The quantitative estimate of drug-likeness (QED) is 0.171. The number of hydrogen-bond acceptors (Lipinski definition) is 7. The van der Waals surface area contributed by atoms with Gasteiger partial charge in [0.1, 0.15) is 17.1 Å². The van der Waals surface area contributed by atoms with Gasteiger partial charge in [-0.3, -0.25) is 4.79 Å². The Balaban J connectivity index is 1.76. The Bertz CT molecular complexity index is 1450. The number of fused-ring (bicyclic) bond motifs is 1. The van der Waals surface area contributed by atoms with Crippen LogP contribution in [0.25, 0.3) is 10.8 Å². The summed E-state index contributed by atoms with van der Waals surface area (Å²) in [5.41, 5.74) is 0.0235. The lowest BCUT2D eigenvalue weighted by atomic mass is 10.1. The van der Waals surface area contributed by atoms with Crippen molar-refractivity contribution < 1.29 is 33.1 Å². The molecule has 0 N–H and O–H groups in total. The maximum atomic E-state index is 13.4. The minimum absolute atomic E-state index is 0.0235. The number of halogens is 1. The Morgan fingerprint density at radius 2 is 1.44 bits per heavy atom. The molecule has 0 spiro atoms. The summed E-state index contributed by atoms with van der Waals surface area (Å²) in [6, 6.07) is 19.7. The zero-order valence-corrected chi connectivity index (χ0v) is 21.1. The molecule has 0 bridgehead atoms. The number of hydrogen-bond donors (Lipinski definition) is 0. The Morgan fingerprint density at radius 1 is 0.778 bits per heavy atom. The summed E-state index contributed by atoms with van der Waals surface area (Å²) >= 11 is 4.40. The summed E-state index contributed by atoms with van der Waals surface area (Å²) in [6.07, 6.45) is 0. The Kier molecular flexibility index (Phi) is 7.69. The van der Waals surface area contributed by atoms with Gasteiger partial charge in [0.05, 0.1) is 14.2 Å². The van der Waals surface area contributed by atoms with E-state index in [9.17, 15) is 14.1 Å². The maximum Gasteiger partial charge on any atom is 0.347 e. The van der Waals surface area contributed by atoms with E-state index in [0.717, 1.165) is 0 Å². The summed E-state index contributed by atoms with van der Waals surface area (Å²) in [5, 5.41) is 1.59. The molecule has 0 aromatic heterocycles. The zero-order chi connectivity index (χ0) is 25.8. The summed E-state index contributed by atoms with van der Waals surface area (Å²) in [6.45, 7) is 1.31. The van der Waals surface area contributed by atoms with Gasteiger partial charge in [-0.25, -0.2) is 4.79 Å². The second kappa shape index (κ2) is 10.9. The number of ether oxygens (including phenoxy) is 4. The molecule has 0 amide bonds. The molecule has 4 aromatic carbocycles. The normalized spacial score (nSPS) is 11.6. The summed E-state index contributed by atoms with van der Waals surface area (Å²) < 4.78 is 35.1. The largest absolute Gasteiger partial charge is 0.606 e. The highest BCUT2D eigenvalue weighted by atomic mass is 35.5. The van der Waals surface area contributed by atoms with E-state index >= 15 is 0 Å². The average Bonchev–Trinajstić information content (AvgIpc) is 2.88. The van der Waals surface area contributed by atoms with Crippen molar-refractivity contribution in [1.82, 2.24) is 0 Å². The van der Waals surface area contributed by atoms with Crippen LogP contribution in [0.15, 0.2) is 82.6 Å². The molecule has 1 unspecified atom stereocenters. The number of carbonyl (C=O) groups is 2. The van der Waals surface area contributed by atoms with Gasteiger partial charge in [-0.1, -0.05) is 41.9 Å². The van der Waals surface area contributed by atoms with Crippen LogP contribution in [0.1, 0.15) is 17.3 Å². The van der Waals surface area contributed by atoms with E-state index in [-0.39, 0.29) is 22.8 Å². The lowest BCUT2D eigenvalue weighted by Crippen LogP contribution is -2.13. The topological polar surface area (TPSA) is 94.1 Å². The number of carbonyl (C=O) groups excluding carboxylic acids is 2. The predicted molar refractivity (Wildman–Crippen MR) is 136 cm³/mol. The standard InChI is InChI=1S/C27H21ClO7S/c1-16(29)34-23-11-12-24(21-10-5-4-9-20(21)23)35-27(30)22-14-19(15-25(32-2)26(22)33-3)36(31)18-8-6-7-17(28)13-18/h4-15H,1-3H3. The fourth-order valence-electron chi connectivity index (χ4n) is 3.65. The molecule has 0 aliphatic rings. The number of esters is 2. The molecule has 0 radical (unpaired) electrons. The van der Waals surface area contributed by atoms with Crippen LogP contribution in [-0.2, 0) is 16.0 Å². The molecule has 0 saturated carbocycles. The molecule has 0 aliphatic carbocycles. The van der Waals surface area contributed by atoms with Crippen molar-refractivity contribution in [1.29, 1.82) is 0 Å². The first-order valence-corrected chi connectivity index (χ1v) is 12.2. The highest BCUT2D eigenvalue weighted by Gasteiger charge is 2.26. The van der Waals surface area contributed by atoms with E-state index in [4.69, 9.17) is 30.5 Å². The van der Waals surface area contributed by atoms with E-state index in [0.29, 0.717) is 31.3 Å². The van der Waals surface area contributed by atoms with Crippen molar-refractivity contribution in [2.45, 2.75) is 16.7 Å². The molecular formula is C27H21ClO7S. The minimum atomic E-state index is -1.66. The van der Waals surface area contributed by atoms with Crippen LogP contribution in [0.5, 0.6) is 23.0 Å². The summed E-state index contributed by atoms with van der Waals surface area (Å²) in [5.74, 6) is -0.278. The first-order chi connectivity index (χ1) is 17.3. The van der Waals surface area contributed by atoms with Crippen molar-refractivity contribution in [3.8, 4) is 23.0 Å². The average molecular weight is 525 g/mol. The third-order valence-corrected chi connectivity index (χ3v) is 6.78.